The Morgan fingerprint density at radius 3 is 2.54 bits per heavy atom. The van der Waals surface area contributed by atoms with Gasteiger partial charge in [0.15, 0.2) is 0 Å². The van der Waals surface area contributed by atoms with Gasteiger partial charge in [0.2, 0.25) is 10.0 Å². The van der Waals surface area contributed by atoms with Crippen LogP contribution in [0.5, 0.6) is 0 Å². The Morgan fingerprint density at radius 1 is 1.03 bits per heavy atom. The van der Waals surface area contributed by atoms with Crippen LogP contribution in [0.4, 0.5) is 5.82 Å². The second kappa shape index (κ2) is 9.64. The van der Waals surface area contributed by atoms with Crippen LogP contribution in [0.3, 0.4) is 0 Å². The van der Waals surface area contributed by atoms with Crippen molar-refractivity contribution >= 4 is 48.2 Å². The van der Waals surface area contributed by atoms with Gasteiger partial charge in [0.05, 0.1) is 10.3 Å². The molecule has 0 spiro atoms. The zero-order chi connectivity index (χ0) is 25.7. The first-order valence-corrected chi connectivity index (χ1v) is 15.6. The molecule has 1 saturated heterocycles. The molecule has 6 nitrogen and oxygen atoms in total. The molecule has 2 aromatic carbocycles. The molecule has 0 radical (unpaired) electrons. The van der Waals surface area contributed by atoms with Gasteiger partial charge in [-0.2, -0.15) is 4.31 Å². The minimum Gasteiger partial charge on any atom is -0.353 e. The van der Waals surface area contributed by atoms with E-state index in [-0.39, 0.29) is 0 Å². The molecule has 1 aliphatic carbocycles. The molecule has 3 heterocycles. The van der Waals surface area contributed by atoms with Crippen LogP contribution in [-0.2, 0) is 29.3 Å². The lowest BCUT2D eigenvalue weighted by Crippen LogP contribution is -2.49. The minimum atomic E-state index is -3.56. The van der Waals surface area contributed by atoms with Gasteiger partial charge in [-0.05, 0) is 59.6 Å². The average Bonchev–Trinajstić information content (AvgIpc) is 3.24. The van der Waals surface area contributed by atoms with E-state index in [4.69, 9.17) is 9.97 Å². The van der Waals surface area contributed by atoms with Gasteiger partial charge in [0, 0.05) is 37.5 Å². The Balaban J connectivity index is 1.30. The molecule has 2 aromatic heterocycles. The van der Waals surface area contributed by atoms with E-state index < -0.39 is 10.0 Å². The molecule has 0 N–H and O–H groups in total. The number of hydrogen-bond acceptors (Lipinski definition) is 6. The second-order valence-electron chi connectivity index (χ2n) is 11.0. The molecule has 0 saturated carbocycles. The van der Waals surface area contributed by atoms with Crippen LogP contribution < -0.4 is 4.90 Å². The maximum atomic E-state index is 13.5. The summed E-state index contributed by atoms with van der Waals surface area (Å²) in [5.74, 6) is 3.09. The summed E-state index contributed by atoms with van der Waals surface area (Å²) < 4.78 is 28.7. The largest absolute Gasteiger partial charge is 0.353 e. The van der Waals surface area contributed by atoms with Crippen LogP contribution in [0.25, 0.3) is 21.0 Å². The molecule has 1 aliphatic heterocycles. The number of benzene rings is 2. The van der Waals surface area contributed by atoms with Crippen LogP contribution in [0, 0.1) is 11.8 Å². The first-order valence-electron chi connectivity index (χ1n) is 13.3. The van der Waals surface area contributed by atoms with Crippen molar-refractivity contribution in [1.29, 1.82) is 0 Å². The number of sulfonamides is 1. The first-order chi connectivity index (χ1) is 17.8. The highest BCUT2D eigenvalue weighted by molar-refractivity contribution is 7.89. The van der Waals surface area contributed by atoms with Crippen molar-refractivity contribution in [2.24, 2.45) is 11.8 Å². The maximum Gasteiger partial charge on any atom is 0.243 e. The molecule has 6 rings (SSSR count). The molecule has 8 heteroatoms. The number of rotatable bonds is 5. The van der Waals surface area contributed by atoms with E-state index in [0.717, 1.165) is 46.5 Å². The summed E-state index contributed by atoms with van der Waals surface area (Å²) in [5, 5.41) is 3.20. The second-order valence-corrected chi connectivity index (χ2v) is 14.0. The molecule has 1 atom stereocenters. The molecule has 37 heavy (non-hydrogen) atoms. The number of hydrogen-bond donors (Lipinski definition) is 0. The number of fused-ring (bicyclic) bond motifs is 4. The van der Waals surface area contributed by atoms with E-state index >= 15 is 0 Å². The Morgan fingerprint density at radius 2 is 1.78 bits per heavy atom. The number of aryl methyl sites for hydroxylation is 1. The third kappa shape index (κ3) is 4.64. The third-order valence-corrected chi connectivity index (χ3v) is 10.7. The van der Waals surface area contributed by atoms with Crippen molar-refractivity contribution < 1.29 is 8.42 Å². The van der Waals surface area contributed by atoms with Crippen LogP contribution in [0.1, 0.15) is 43.5 Å². The zero-order valence-electron chi connectivity index (χ0n) is 21.8. The SMILES string of the molecule is CC(C)Cc1nc(N2CCN(S(=O)(=O)c3ccc4ccccc4c3)CC2)c2c3c(sc2n1)CC(C)CC3. The van der Waals surface area contributed by atoms with Crippen molar-refractivity contribution in [1.82, 2.24) is 14.3 Å². The van der Waals surface area contributed by atoms with E-state index in [2.05, 4.69) is 25.7 Å². The van der Waals surface area contributed by atoms with Gasteiger partial charge in [0.1, 0.15) is 16.5 Å². The van der Waals surface area contributed by atoms with Gasteiger partial charge in [-0.15, -0.1) is 11.3 Å². The molecule has 4 aromatic rings. The van der Waals surface area contributed by atoms with Gasteiger partial charge < -0.3 is 4.90 Å². The topological polar surface area (TPSA) is 66.4 Å². The Hall–Kier alpha value is -2.55. The number of nitrogens with zero attached hydrogens (tertiary/aromatic N) is 4. The number of piperazine rings is 1. The van der Waals surface area contributed by atoms with E-state index in [1.54, 1.807) is 16.4 Å². The highest BCUT2D eigenvalue weighted by Gasteiger charge is 2.32. The molecule has 194 valence electrons. The summed E-state index contributed by atoms with van der Waals surface area (Å²) >= 11 is 1.84. The normalized spacial score (nSPS) is 19.1. The molecule has 2 aliphatic rings. The average molecular weight is 535 g/mol. The Kier molecular flexibility index (Phi) is 6.45. The predicted molar refractivity (Wildman–Crippen MR) is 152 cm³/mol. The van der Waals surface area contributed by atoms with Crippen molar-refractivity contribution in [2.75, 3.05) is 31.1 Å². The van der Waals surface area contributed by atoms with E-state index in [1.165, 1.54) is 22.2 Å². The fourth-order valence-electron chi connectivity index (χ4n) is 5.67. The van der Waals surface area contributed by atoms with Crippen molar-refractivity contribution in [3.63, 3.8) is 0 Å². The highest BCUT2D eigenvalue weighted by Crippen LogP contribution is 2.41. The van der Waals surface area contributed by atoms with Crippen molar-refractivity contribution in [3.8, 4) is 0 Å². The zero-order valence-corrected chi connectivity index (χ0v) is 23.4. The highest BCUT2D eigenvalue weighted by atomic mass is 32.2. The summed E-state index contributed by atoms with van der Waals surface area (Å²) in [6.07, 6.45) is 4.24. The Bertz CT molecular complexity index is 1570. The van der Waals surface area contributed by atoms with Crippen molar-refractivity contribution in [2.45, 2.75) is 51.3 Å². The summed E-state index contributed by atoms with van der Waals surface area (Å²) in [7, 11) is -3.56. The van der Waals surface area contributed by atoms with Crippen molar-refractivity contribution in [3.05, 3.63) is 58.7 Å². The fraction of sp³-hybridized carbons (Fsp3) is 0.448. The lowest BCUT2D eigenvalue weighted by molar-refractivity contribution is 0.384. The lowest BCUT2D eigenvalue weighted by Gasteiger charge is -2.35. The van der Waals surface area contributed by atoms with Crippen LogP contribution in [0.2, 0.25) is 0 Å². The van der Waals surface area contributed by atoms with E-state index in [1.807, 2.05) is 41.7 Å². The minimum absolute atomic E-state index is 0.365. The molecule has 1 unspecified atom stereocenters. The summed E-state index contributed by atoms with van der Waals surface area (Å²) in [4.78, 5) is 15.3. The van der Waals surface area contributed by atoms with Gasteiger partial charge in [-0.1, -0.05) is 51.1 Å². The smallest absolute Gasteiger partial charge is 0.243 e. The number of anilines is 1. The summed E-state index contributed by atoms with van der Waals surface area (Å²) in [6, 6.07) is 13.3. The fourth-order valence-corrected chi connectivity index (χ4v) is 8.52. The van der Waals surface area contributed by atoms with Crippen LogP contribution in [-0.4, -0.2) is 48.9 Å². The van der Waals surface area contributed by atoms with Gasteiger partial charge in [0.25, 0.3) is 0 Å². The molecule has 0 bridgehead atoms. The molecule has 1 fully saturated rings. The summed E-state index contributed by atoms with van der Waals surface area (Å²) in [6.45, 7) is 8.88. The maximum absolute atomic E-state index is 13.5. The summed E-state index contributed by atoms with van der Waals surface area (Å²) in [5.41, 5.74) is 1.43. The monoisotopic (exact) mass is 534 g/mol. The number of aromatic nitrogens is 2. The molecular weight excluding hydrogens is 500 g/mol. The van der Waals surface area contributed by atoms with Gasteiger partial charge in [-0.25, -0.2) is 18.4 Å². The van der Waals surface area contributed by atoms with Gasteiger partial charge in [-0.3, -0.25) is 0 Å². The third-order valence-electron chi connectivity index (χ3n) is 7.67. The first kappa shape index (κ1) is 24.8. The number of thiophene rings is 1. The Labute approximate surface area is 223 Å². The van der Waals surface area contributed by atoms with E-state index in [9.17, 15) is 8.42 Å². The molecular formula is C29H34N4O2S2. The quantitative estimate of drug-likeness (QED) is 0.330. The van der Waals surface area contributed by atoms with Crippen LogP contribution >= 0.6 is 11.3 Å². The predicted octanol–water partition coefficient (Wildman–Crippen LogP) is 5.68. The van der Waals surface area contributed by atoms with E-state index in [0.29, 0.717) is 42.9 Å². The van der Waals surface area contributed by atoms with Gasteiger partial charge >= 0.3 is 0 Å². The standard InChI is InChI=1S/C29H34N4O2S2/c1-19(2)16-26-30-28(27-24-11-8-20(3)17-25(24)36-29(27)31-26)32-12-14-33(15-13-32)37(34,35)23-10-9-21-6-4-5-7-22(21)18-23/h4-7,9-10,18-20H,8,11-17H2,1-3H3. The lowest BCUT2D eigenvalue weighted by atomic mass is 9.89. The molecule has 0 amide bonds. The van der Waals surface area contributed by atoms with Crippen LogP contribution in [0.15, 0.2) is 47.4 Å².